The van der Waals surface area contributed by atoms with Crippen LogP contribution in [0.15, 0.2) is 46.7 Å². The minimum absolute atomic E-state index is 0.155. The first-order chi connectivity index (χ1) is 15.2. The van der Waals surface area contributed by atoms with Gasteiger partial charge >= 0.3 is 0 Å². The first-order valence-corrected chi connectivity index (χ1v) is 12.5. The zero-order valence-corrected chi connectivity index (χ0v) is 19.1. The summed E-state index contributed by atoms with van der Waals surface area (Å²) in [6.45, 7) is 4.52. The Labute approximate surface area is 189 Å². The van der Waals surface area contributed by atoms with Crippen LogP contribution in [0.25, 0.3) is 11.1 Å². The number of carbonyl (C=O) groups excluding carboxylic acids is 1. The fraction of sp³-hybridized carbons (Fsp3) is 0.261. The van der Waals surface area contributed by atoms with Crippen LogP contribution in [0.1, 0.15) is 26.4 Å². The number of hydrogen-bond acceptors (Lipinski definition) is 5. The maximum absolute atomic E-state index is 13.4. The number of aryl methyl sites for hydroxylation is 2. The lowest BCUT2D eigenvalue weighted by Crippen LogP contribution is -2.56. The van der Waals surface area contributed by atoms with E-state index in [0.29, 0.717) is 28.3 Å². The molecule has 0 aliphatic carbocycles. The number of nitrogens with one attached hydrogen (secondary N) is 1. The predicted molar refractivity (Wildman–Crippen MR) is 120 cm³/mol. The Balaban J connectivity index is 1.41. The average Bonchev–Trinajstić information content (AvgIpc) is 3.26. The van der Waals surface area contributed by atoms with E-state index in [9.17, 15) is 17.6 Å². The summed E-state index contributed by atoms with van der Waals surface area (Å²) in [5.74, 6) is 0.0445. The highest BCUT2D eigenvalue weighted by Crippen LogP contribution is 2.37. The third kappa shape index (κ3) is 3.50. The van der Waals surface area contributed by atoms with Crippen LogP contribution in [-0.2, 0) is 16.6 Å². The molecule has 2 aromatic carbocycles. The molecule has 1 N–H and O–H groups in total. The third-order valence-electron chi connectivity index (χ3n) is 5.84. The van der Waals surface area contributed by atoms with Gasteiger partial charge in [0.05, 0.1) is 18.0 Å². The molecule has 0 radical (unpaired) electrons. The molecule has 9 heteroatoms. The molecule has 1 aromatic heterocycles. The van der Waals surface area contributed by atoms with Crippen LogP contribution in [0.5, 0.6) is 5.75 Å². The van der Waals surface area contributed by atoms with Gasteiger partial charge in [-0.15, -0.1) is 11.3 Å². The molecule has 1 fully saturated rings. The summed E-state index contributed by atoms with van der Waals surface area (Å²) in [6, 6.07) is 9.56. The fourth-order valence-electron chi connectivity index (χ4n) is 4.13. The van der Waals surface area contributed by atoms with E-state index in [4.69, 9.17) is 4.74 Å². The van der Waals surface area contributed by atoms with E-state index < -0.39 is 10.0 Å². The monoisotopic (exact) mass is 472 g/mol. The number of benzene rings is 2. The van der Waals surface area contributed by atoms with Gasteiger partial charge in [-0.25, -0.2) is 12.8 Å². The lowest BCUT2D eigenvalue weighted by atomic mass is 9.98. The lowest BCUT2D eigenvalue weighted by molar-refractivity contribution is 0.0766. The number of sulfonamides is 1. The number of thiophene rings is 1. The first-order valence-electron chi connectivity index (χ1n) is 10.2. The Hall–Kier alpha value is -2.75. The smallest absolute Gasteiger partial charge is 0.251 e. The van der Waals surface area contributed by atoms with E-state index in [-0.39, 0.29) is 30.9 Å². The lowest BCUT2D eigenvalue weighted by Gasteiger charge is -2.38. The Morgan fingerprint density at radius 3 is 2.50 bits per heavy atom. The van der Waals surface area contributed by atoms with Crippen molar-refractivity contribution in [3.05, 3.63) is 69.2 Å². The molecule has 2 aliphatic heterocycles. The molecule has 0 atom stereocenters. The molecule has 0 saturated carbocycles. The zero-order valence-electron chi connectivity index (χ0n) is 17.5. The molecule has 5 rings (SSSR count). The molecule has 0 bridgehead atoms. The predicted octanol–water partition coefficient (Wildman–Crippen LogP) is 3.87. The van der Waals surface area contributed by atoms with Crippen molar-refractivity contribution in [2.24, 2.45) is 0 Å². The van der Waals surface area contributed by atoms with Crippen molar-refractivity contribution < 1.29 is 22.3 Å². The van der Waals surface area contributed by atoms with Gasteiger partial charge in [-0.2, -0.15) is 4.31 Å². The van der Waals surface area contributed by atoms with E-state index in [2.05, 4.69) is 5.32 Å². The highest BCUT2D eigenvalue weighted by Gasteiger charge is 2.40. The van der Waals surface area contributed by atoms with Crippen LogP contribution in [0, 0.1) is 19.7 Å². The Morgan fingerprint density at radius 2 is 1.84 bits per heavy atom. The van der Waals surface area contributed by atoms with Gasteiger partial charge < -0.3 is 10.1 Å². The molecule has 166 valence electrons. The highest BCUT2D eigenvalue weighted by molar-refractivity contribution is 7.89. The van der Waals surface area contributed by atoms with Gasteiger partial charge in [0.15, 0.2) is 0 Å². The van der Waals surface area contributed by atoms with E-state index >= 15 is 0 Å². The number of ether oxygens (including phenoxy) is 1. The van der Waals surface area contributed by atoms with Gasteiger partial charge in [-0.3, -0.25) is 4.79 Å². The average molecular weight is 473 g/mol. The maximum Gasteiger partial charge on any atom is 0.251 e. The van der Waals surface area contributed by atoms with Crippen molar-refractivity contribution in [1.29, 1.82) is 0 Å². The Bertz CT molecular complexity index is 1310. The summed E-state index contributed by atoms with van der Waals surface area (Å²) in [5.41, 5.74) is 3.54. The molecule has 0 spiro atoms. The number of amides is 1. The number of rotatable bonds is 5. The van der Waals surface area contributed by atoms with E-state index in [0.717, 1.165) is 21.6 Å². The van der Waals surface area contributed by atoms with Crippen LogP contribution < -0.4 is 10.1 Å². The second-order valence-corrected chi connectivity index (χ2v) is 11.0. The second kappa shape index (κ2) is 7.68. The van der Waals surface area contributed by atoms with Crippen molar-refractivity contribution in [1.82, 2.24) is 9.62 Å². The standard InChI is InChI=1S/C23H21FN2O4S2/c1-13-12-31-14(2)22(13)32(28,29)26-10-18(11-26)30-21-7-16-9-25-23(27)20(16)8-19(21)15-3-5-17(24)6-4-15/h3-8,12,18H,9-11H2,1-2H3,(H,25,27). The van der Waals surface area contributed by atoms with Gasteiger partial charge in [0.25, 0.3) is 5.91 Å². The van der Waals surface area contributed by atoms with Gasteiger partial charge in [-0.1, -0.05) is 12.1 Å². The SMILES string of the molecule is Cc1csc(C)c1S(=O)(=O)N1CC(Oc2cc3c(cc2-c2ccc(F)cc2)C(=O)NC3)C1. The third-order valence-corrected chi connectivity index (χ3v) is 9.12. The Morgan fingerprint density at radius 1 is 1.12 bits per heavy atom. The Kier molecular flexibility index (Phi) is 5.07. The van der Waals surface area contributed by atoms with E-state index in [1.807, 2.05) is 18.4 Å². The van der Waals surface area contributed by atoms with Gasteiger partial charge in [0.1, 0.15) is 17.7 Å². The molecule has 3 heterocycles. The number of carbonyl (C=O) groups is 1. The van der Waals surface area contributed by atoms with Crippen LogP contribution in [-0.4, -0.2) is 37.8 Å². The van der Waals surface area contributed by atoms with Crippen molar-refractivity contribution in [2.45, 2.75) is 31.4 Å². The normalized spacial score (nSPS) is 16.5. The number of nitrogens with zero attached hydrogens (tertiary/aromatic N) is 1. The summed E-state index contributed by atoms with van der Waals surface area (Å²) in [4.78, 5) is 13.3. The summed E-state index contributed by atoms with van der Waals surface area (Å²) >= 11 is 1.43. The van der Waals surface area contributed by atoms with Crippen LogP contribution >= 0.6 is 11.3 Å². The fourth-order valence-corrected chi connectivity index (χ4v) is 7.22. The molecule has 1 amide bonds. The quantitative estimate of drug-likeness (QED) is 0.612. The molecule has 2 aliphatic rings. The number of fused-ring (bicyclic) bond motifs is 1. The van der Waals surface area contributed by atoms with Gasteiger partial charge in [0, 0.05) is 22.5 Å². The van der Waals surface area contributed by atoms with Crippen molar-refractivity contribution in [3.8, 4) is 16.9 Å². The summed E-state index contributed by atoms with van der Waals surface area (Å²) < 4.78 is 47.1. The molecule has 0 unspecified atom stereocenters. The second-order valence-electron chi connectivity index (χ2n) is 8.06. The van der Waals surface area contributed by atoms with Gasteiger partial charge in [-0.05, 0) is 60.2 Å². The van der Waals surface area contributed by atoms with Crippen molar-refractivity contribution >= 4 is 27.3 Å². The zero-order chi connectivity index (χ0) is 22.6. The molecule has 3 aromatic rings. The molecule has 6 nitrogen and oxygen atoms in total. The van der Waals surface area contributed by atoms with Crippen LogP contribution in [0.2, 0.25) is 0 Å². The van der Waals surface area contributed by atoms with E-state index in [1.54, 1.807) is 25.1 Å². The molecular formula is C23H21FN2O4S2. The minimum atomic E-state index is -3.56. The van der Waals surface area contributed by atoms with Crippen molar-refractivity contribution in [3.63, 3.8) is 0 Å². The molecule has 1 saturated heterocycles. The first kappa shape index (κ1) is 21.1. The maximum atomic E-state index is 13.4. The number of halogens is 1. The van der Waals surface area contributed by atoms with Crippen LogP contribution in [0.3, 0.4) is 0 Å². The minimum Gasteiger partial charge on any atom is -0.487 e. The summed E-state index contributed by atoms with van der Waals surface area (Å²) in [5, 5.41) is 4.65. The topological polar surface area (TPSA) is 75.7 Å². The molecule has 32 heavy (non-hydrogen) atoms. The summed E-state index contributed by atoms with van der Waals surface area (Å²) in [6.07, 6.45) is -0.314. The highest BCUT2D eigenvalue weighted by atomic mass is 32.2. The van der Waals surface area contributed by atoms with Crippen molar-refractivity contribution in [2.75, 3.05) is 13.1 Å². The van der Waals surface area contributed by atoms with Gasteiger partial charge in [0.2, 0.25) is 10.0 Å². The van der Waals surface area contributed by atoms with Crippen LogP contribution in [0.4, 0.5) is 4.39 Å². The van der Waals surface area contributed by atoms with E-state index in [1.165, 1.54) is 27.8 Å². The largest absolute Gasteiger partial charge is 0.487 e. The number of hydrogen-bond donors (Lipinski definition) is 1. The summed E-state index contributed by atoms with van der Waals surface area (Å²) in [7, 11) is -3.56. The molecular weight excluding hydrogens is 451 g/mol.